The summed E-state index contributed by atoms with van der Waals surface area (Å²) < 4.78 is 4.13. The summed E-state index contributed by atoms with van der Waals surface area (Å²) in [5.74, 6) is -0.401. The molecule has 3 heterocycles. The molecule has 4 aromatic rings. The minimum atomic E-state index is -0.201. The lowest BCUT2D eigenvalue weighted by molar-refractivity contribution is -0.687. The molecule has 0 aliphatic carbocycles. The van der Waals surface area contributed by atoms with Crippen LogP contribution in [0.25, 0.3) is 10.8 Å². The van der Waals surface area contributed by atoms with Crippen LogP contribution in [0.5, 0.6) is 0 Å². The van der Waals surface area contributed by atoms with Crippen LogP contribution in [0.15, 0.2) is 79.4 Å². The van der Waals surface area contributed by atoms with E-state index in [-0.39, 0.29) is 11.8 Å². The molecule has 35 heavy (non-hydrogen) atoms. The van der Waals surface area contributed by atoms with Gasteiger partial charge in [-0.3, -0.25) is 14.5 Å². The quantitative estimate of drug-likeness (QED) is 0.316. The molecule has 3 aromatic carbocycles. The Balaban J connectivity index is 1.23. The number of benzene rings is 3. The van der Waals surface area contributed by atoms with Gasteiger partial charge in [-0.15, -0.1) is 0 Å². The molecule has 1 fully saturated rings. The van der Waals surface area contributed by atoms with Crippen molar-refractivity contribution in [1.29, 1.82) is 0 Å². The van der Waals surface area contributed by atoms with E-state index in [1.54, 1.807) is 0 Å². The Morgan fingerprint density at radius 2 is 1.54 bits per heavy atom. The van der Waals surface area contributed by atoms with Gasteiger partial charge in [0.15, 0.2) is 0 Å². The standard InChI is InChI=1S/C29H29N4O2/c34-28-24-11-7-10-23-26(32-14-5-2-6-15-32)13-12-25(27(23)24)29(35)33(28)19-18-30-16-17-31(21-30)20-22-8-3-1-4-9-22/h1,3-4,7-13,16-17,21H,2,5-6,14-15,18-20H2/q+1. The first kappa shape index (κ1) is 21.6. The number of piperidine rings is 1. The van der Waals surface area contributed by atoms with E-state index in [1.165, 1.54) is 29.7 Å². The van der Waals surface area contributed by atoms with Crippen molar-refractivity contribution >= 4 is 28.3 Å². The first-order valence-electron chi connectivity index (χ1n) is 12.4. The van der Waals surface area contributed by atoms with E-state index in [0.717, 1.165) is 36.1 Å². The summed E-state index contributed by atoms with van der Waals surface area (Å²) in [5.41, 5.74) is 3.62. The molecule has 0 unspecified atom stereocenters. The molecular weight excluding hydrogens is 436 g/mol. The number of aromatic nitrogens is 2. The Hall–Kier alpha value is -3.93. The Morgan fingerprint density at radius 3 is 2.34 bits per heavy atom. The van der Waals surface area contributed by atoms with Gasteiger partial charge in [0.25, 0.3) is 11.8 Å². The van der Waals surface area contributed by atoms with Crippen LogP contribution < -0.4 is 9.47 Å². The summed E-state index contributed by atoms with van der Waals surface area (Å²) >= 11 is 0. The third-order valence-corrected chi connectivity index (χ3v) is 7.20. The smallest absolute Gasteiger partial charge is 0.261 e. The molecule has 6 rings (SSSR count). The topological polar surface area (TPSA) is 49.4 Å². The summed E-state index contributed by atoms with van der Waals surface area (Å²) in [4.78, 5) is 30.7. The molecule has 6 nitrogen and oxygen atoms in total. The number of amides is 2. The second-order valence-corrected chi connectivity index (χ2v) is 9.48. The maximum atomic E-state index is 13.4. The molecule has 176 valence electrons. The molecular formula is C29H29N4O2+. The second-order valence-electron chi connectivity index (χ2n) is 9.48. The fourth-order valence-corrected chi connectivity index (χ4v) is 5.42. The van der Waals surface area contributed by atoms with E-state index >= 15 is 0 Å². The Labute approximate surface area is 205 Å². The highest BCUT2D eigenvalue weighted by Gasteiger charge is 2.34. The second kappa shape index (κ2) is 9.02. The third-order valence-electron chi connectivity index (χ3n) is 7.20. The lowest BCUT2D eigenvalue weighted by atomic mass is 9.92. The van der Waals surface area contributed by atoms with Crippen molar-refractivity contribution in [3.63, 3.8) is 0 Å². The van der Waals surface area contributed by atoms with Gasteiger partial charge in [-0.2, -0.15) is 0 Å². The fraction of sp³-hybridized carbons (Fsp3) is 0.276. The average Bonchev–Trinajstić information content (AvgIpc) is 3.35. The Morgan fingerprint density at radius 1 is 0.771 bits per heavy atom. The van der Waals surface area contributed by atoms with E-state index in [4.69, 9.17) is 0 Å². The van der Waals surface area contributed by atoms with E-state index in [1.807, 2.05) is 65.8 Å². The number of carbonyl (C=O) groups is 2. The largest absolute Gasteiger partial charge is 0.371 e. The molecule has 2 amide bonds. The highest BCUT2D eigenvalue weighted by molar-refractivity contribution is 6.26. The zero-order valence-electron chi connectivity index (χ0n) is 19.8. The molecule has 0 radical (unpaired) electrons. The summed E-state index contributed by atoms with van der Waals surface area (Å²) in [7, 11) is 0. The lowest BCUT2D eigenvalue weighted by Gasteiger charge is -2.32. The normalized spacial score (nSPS) is 15.8. The van der Waals surface area contributed by atoms with Crippen LogP contribution >= 0.6 is 0 Å². The van der Waals surface area contributed by atoms with Crippen LogP contribution in [0.1, 0.15) is 45.5 Å². The number of carbonyl (C=O) groups excluding carboxylic acids is 2. The minimum Gasteiger partial charge on any atom is -0.371 e. The fourth-order valence-electron chi connectivity index (χ4n) is 5.42. The summed E-state index contributed by atoms with van der Waals surface area (Å²) in [6.45, 7) is 3.71. The van der Waals surface area contributed by atoms with E-state index in [2.05, 4.69) is 27.7 Å². The minimum absolute atomic E-state index is 0.201. The lowest BCUT2D eigenvalue weighted by Crippen LogP contribution is -2.42. The molecule has 6 heteroatoms. The number of imidazole rings is 1. The molecule has 1 aromatic heterocycles. The molecule has 0 saturated carbocycles. The average molecular weight is 466 g/mol. The summed E-state index contributed by atoms with van der Waals surface area (Å²) in [6, 6.07) is 20.1. The van der Waals surface area contributed by atoms with Gasteiger partial charge in [0.2, 0.25) is 6.33 Å². The first-order valence-corrected chi connectivity index (χ1v) is 12.4. The van der Waals surface area contributed by atoms with Gasteiger partial charge in [-0.25, -0.2) is 9.13 Å². The van der Waals surface area contributed by atoms with Crippen LogP contribution in [-0.2, 0) is 13.1 Å². The van der Waals surface area contributed by atoms with Gasteiger partial charge >= 0.3 is 0 Å². The van der Waals surface area contributed by atoms with Crippen LogP contribution in [0.2, 0.25) is 0 Å². The van der Waals surface area contributed by atoms with Gasteiger partial charge in [-0.05, 0) is 43.0 Å². The molecule has 0 atom stereocenters. The number of nitrogens with zero attached hydrogens (tertiary/aromatic N) is 4. The molecule has 0 N–H and O–H groups in total. The monoisotopic (exact) mass is 465 g/mol. The molecule has 0 bridgehead atoms. The number of rotatable bonds is 6. The van der Waals surface area contributed by atoms with Gasteiger partial charge in [-0.1, -0.05) is 42.5 Å². The van der Waals surface area contributed by atoms with E-state index in [0.29, 0.717) is 24.2 Å². The maximum Gasteiger partial charge on any atom is 0.261 e. The van der Waals surface area contributed by atoms with Crippen LogP contribution in [0.4, 0.5) is 5.69 Å². The SMILES string of the molecule is O=C1c2cccc3c(N4CCCCC4)ccc(c23)C(=O)N1CCn1cc[n+](Cc2ccccc2)c1. The van der Waals surface area contributed by atoms with Gasteiger partial charge < -0.3 is 4.90 Å². The zero-order chi connectivity index (χ0) is 23.8. The summed E-state index contributed by atoms with van der Waals surface area (Å²) in [6.07, 6.45) is 9.65. The van der Waals surface area contributed by atoms with E-state index < -0.39 is 0 Å². The number of hydrogen-bond acceptors (Lipinski definition) is 3. The van der Waals surface area contributed by atoms with Crippen molar-refractivity contribution in [3.8, 4) is 0 Å². The predicted molar refractivity (Wildman–Crippen MR) is 136 cm³/mol. The van der Waals surface area contributed by atoms with Crippen molar-refractivity contribution < 1.29 is 14.2 Å². The van der Waals surface area contributed by atoms with Gasteiger partial charge in [0.1, 0.15) is 25.5 Å². The van der Waals surface area contributed by atoms with E-state index in [9.17, 15) is 9.59 Å². The van der Waals surface area contributed by atoms with Crippen LogP contribution in [0.3, 0.4) is 0 Å². The Bertz CT molecular complexity index is 1380. The summed E-state index contributed by atoms with van der Waals surface area (Å²) in [5, 5.41) is 1.82. The third kappa shape index (κ3) is 3.99. The van der Waals surface area contributed by atoms with Gasteiger partial charge in [0, 0.05) is 40.7 Å². The highest BCUT2D eigenvalue weighted by atomic mass is 16.2. The number of imide groups is 1. The van der Waals surface area contributed by atoms with Gasteiger partial charge in [0.05, 0.1) is 6.54 Å². The molecule has 1 saturated heterocycles. The molecule has 0 spiro atoms. The van der Waals surface area contributed by atoms with Crippen molar-refractivity contribution in [2.24, 2.45) is 0 Å². The van der Waals surface area contributed by atoms with Crippen LogP contribution in [-0.4, -0.2) is 40.9 Å². The number of anilines is 1. The highest BCUT2D eigenvalue weighted by Crippen LogP contribution is 2.36. The van der Waals surface area contributed by atoms with Crippen molar-refractivity contribution in [2.45, 2.75) is 32.4 Å². The number of hydrogen-bond donors (Lipinski definition) is 0. The predicted octanol–water partition coefficient (Wildman–Crippen LogP) is 4.26. The molecule has 2 aliphatic rings. The molecule has 2 aliphatic heterocycles. The maximum absolute atomic E-state index is 13.4. The van der Waals surface area contributed by atoms with Crippen LogP contribution in [0, 0.1) is 0 Å². The van der Waals surface area contributed by atoms with Crippen molar-refractivity contribution in [1.82, 2.24) is 9.47 Å². The Kier molecular flexibility index (Phi) is 5.57. The van der Waals surface area contributed by atoms with Crippen molar-refractivity contribution in [2.75, 3.05) is 24.5 Å². The first-order chi connectivity index (χ1) is 17.2. The zero-order valence-corrected chi connectivity index (χ0v) is 19.8. The van der Waals surface area contributed by atoms with Crippen molar-refractivity contribution in [3.05, 3.63) is 96.1 Å².